The highest BCUT2D eigenvalue weighted by Crippen LogP contribution is 2.34. The SMILES string of the molecule is Cc1cc(C)cc(OCCCN(C)C(CN)C2CC2)c1. The number of likely N-dealkylation sites (N-methyl/N-ethyl adjacent to an activating group) is 1. The fourth-order valence-corrected chi connectivity index (χ4v) is 2.90. The molecule has 0 saturated heterocycles. The predicted octanol–water partition coefficient (Wildman–Crippen LogP) is 2.74. The summed E-state index contributed by atoms with van der Waals surface area (Å²) in [4.78, 5) is 2.41. The molecule has 1 aromatic rings. The highest BCUT2D eigenvalue weighted by molar-refractivity contribution is 5.32. The second-order valence-corrected chi connectivity index (χ2v) is 6.15. The van der Waals surface area contributed by atoms with Crippen LogP contribution in [0.25, 0.3) is 0 Å². The molecule has 2 N–H and O–H groups in total. The highest BCUT2D eigenvalue weighted by atomic mass is 16.5. The fraction of sp³-hybridized carbons (Fsp3) is 0.647. The minimum atomic E-state index is 0.566. The van der Waals surface area contributed by atoms with E-state index in [1.807, 2.05) is 0 Å². The van der Waals surface area contributed by atoms with Gasteiger partial charge in [0.1, 0.15) is 5.75 Å². The topological polar surface area (TPSA) is 38.5 Å². The van der Waals surface area contributed by atoms with E-state index in [1.165, 1.54) is 24.0 Å². The zero-order chi connectivity index (χ0) is 14.5. The average molecular weight is 276 g/mol. The molecule has 0 amide bonds. The molecule has 1 aliphatic rings. The van der Waals surface area contributed by atoms with Crippen molar-refractivity contribution < 1.29 is 4.74 Å². The first-order chi connectivity index (χ1) is 9.60. The zero-order valence-corrected chi connectivity index (χ0v) is 13.1. The summed E-state index contributed by atoms with van der Waals surface area (Å²) in [6.45, 7) is 6.82. The van der Waals surface area contributed by atoms with E-state index in [0.717, 1.165) is 37.8 Å². The third-order valence-corrected chi connectivity index (χ3v) is 4.09. The van der Waals surface area contributed by atoms with Gasteiger partial charge < -0.3 is 15.4 Å². The van der Waals surface area contributed by atoms with Gasteiger partial charge in [-0.1, -0.05) is 6.07 Å². The number of nitrogens with zero attached hydrogens (tertiary/aromatic N) is 1. The molecular weight excluding hydrogens is 248 g/mol. The van der Waals surface area contributed by atoms with E-state index in [0.29, 0.717) is 6.04 Å². The van der Waals surface area contributed by atoms with Crippen molar-refractivity contribution in [2.75, 3.05) is 26.7 Å². The summed E-state index contributed by atoms with van der Waals surface area (Å²) in [6.07, 6.45) is 3.75. The Kier molecular flexibility index (Phi) is 5.44. The lowest BCUT2D eigenvalue weighted by Gasteiger charge is -2.26. The van der Waals surface area contributed by atoms with Gasteiger partial charge in [-0.15, -0.1) is 0 Å². The van der Waals surface area contributed by atoms with Gasteiger partial charge in [0.05, 0.1) is 6.61 Å². The Morgan fingerprint density at radius 2 is 1.90 bits per heavy atom. The van der Waals surface area contributed by atoms with Crippen LogP contribution in [0.3, 0.4) is 0 Å². The Hall–Kier alpha value is -1.06. The largest absolute Gasteiger partial charge is 0.494 e. The van der Waals surface area contributed by atoms with E-state index in [4.69, 9.17) is 10.5 Å². The molecule has 1 fully saturated rings. The second-order valence-electron chi connectivity index (χ2n) is 6.15. The monoisotopic (exact) mass is 276 g/mol. The molecule has 1 aromatic carbocycles. The van der Waals surface area contributed by atoms with Crippen LogP contribution < -0.4 is 10.5 Å². The molecule has 3 nitrogen and oxygen atoms in total. The molecule has 0 aromatic heterocycles. The quantitative estimate of drug-likeness (QED) is 0.742. The van der Waals surface area contributed by atoms with Crippen molar-refractivity contribution in [2.24, 2.45) is 11.7 Å². The second kappa shape index (κ2) is 7.09. The summed E-state index contributed by atoms with van der Waals surface area (Å²) in [7, 11) is 2.19. The maximum Gasteiger partial charge on any atom is 0.119 e. The summed E-state index contributed by atoms with van der Waals surface area (Å²) >= 11 is 0. The Bertz CT molecular complexity index is 409. The lowest BCUT2D eigenvalue weighted by Crippen LogP contribution is -2.40. The van der Waals surface area contributed by atoms with Crippen molar-refractivity contribution in [1.29, 1.82) is 0 Å². The summed E-state index contributed by atoms with van der Waals surface area (Å²) in [5.74, 6) is 1.83. The van der Waals surface area contributed by atoms with Gasteiger partial charge in [0.25, 0.3) is 0 Å². The highest BCUT2D eigenvalue weighted by Gasteiger charge is 2.32. The Morgan fingerprint density at radius 3 is 2.45 bits per heavy atom. The van der Waals surface area contributed by atoms with Gasteiger partial charge in [0.15, 0.2) is 0 Å². The maximum atomic E-state index is 5.87. The van der Waals surface area contributed by atoms with Crippen LogP contribution in [-0.2, 0) is 0 Å². The van der Waals surface area contributed by atoms with E-state index in [1.54, 1.807) is 0 Å². The molecule has 0 spiro atoms. The smallest absolute Gasteiger partial charge is 0.119 e. The van der Waals surface area contributed by atoms with E-state index in [2.05, 4.69) is 44.0 Å². The number of hydrogen-bond acceptors (Lipinski definition) is 3. The molecule has 2 rings (SSSR count). The van der Waals surface area contributed by atoms with Gasteiger partial charge in [-0.25, -0.2) is 0 Å². The molecule has 0 heterocycles. The molecule has 0 radical (unpaired) electrons. The van der Waals surface area contributed by atoms with Crippen LogP contribution in [0, 0.1) is 19.8 Å². The van der Waals surface area contributed by atoms with Crippen molar-refractivity contribution in [3.05, 3.63) is 29.3 Å². The van der Waals surface area contributed by atoms with Gasteiger partial charge >= 0.3 is 0 Å². The minimum absolute atomic E-state index is 0.566. The zero-order valence-electron chi connectivity index (χ0n) is 13.1. The van der Waals surface area contributed by atoms with Crippen molar-refractivity contribution in [3.8, 4) is 5.75 Å². The van der Waals surface area contributed by atoms with Crippen LogP contribution in [0.15, 0.2) is 18.2 Å². The summed E-state index contributed by atoms with van der Waals surface area (Å²) in [6, 6.07) is 6.94. The number of benzene rings is 1. The maximum absolute atomic E-state index is 5.87. The lowest BCUT2D eigenvalue weighted by atomic mass is 10.1. The third kappa shape index (κ3) is 4.50. The Labute approximate surface area is 123 Å². The number of hydrogen-bond donors (Lipinski definition) is 1. The van der Waals surface area contributed by atoms with Crippen molar-refractivity contribution in [1.82, 2.24) is 4.90 Å². The Morgan fingerprint density at radius 1 is 1.25 bits per heavy atom. The van der Waals surface area contributed by atoms with E-state index < -0.39 is 0 Å². The molecule has 1 unspecified atom stereocenters. The number of ether oxygens (including phenoxy) is 1. The van der Waals surface area contributed by atoms with Crippen LogP contribution in [0.1, 0.15) is 30.4 Å². The molecule has 1 aliphatic carbocycles. The third-order valence-electron chi connectivity index (χ3n) is 4.09. The minimum Gasteiger partial charge on any atom is -0.494 e. The molecule has 20 heavy (non-hydrogen) atoms. The van der Waals surface area contributed by atoms with E-state index in [9.17, 15) is 0 Å². The number of aryl methyl sites for hydroxylation is 2. The Balaban J connectivity index is 1.70. The van der Waals surface area contributed by atoms with Crippen molar-refractivity contribution in [2.45, 2.75) is 39.2 Å². The van der Waals surface area contributed by atoms with Crippen LogP contribution in [0.2, 0.25) is 0 Å². The first-order valence-electron chi connectivity index (χ1n) is 7.71. The van der Waals surface area contributed by atoms with Crippen LogP contribution in [-0.4, -0.2) is 37.7 Å². The van der Waals surface area contributed by atoms with Gasteiger partial charge in [0.2, 0.25) is 0 Å². The lowest BCUT2D eigenvalue weighted by molar-refractivity contribution is 0.201. The van der Waals surface area contributed by atoms with E-state index in [-0.39, 0.29) is 0 Å². The molecule has 112 valence electrons. The summed E-state index contributed by atoms with van der Waals surface area (Å²) in [5, 5.41) is 0. The van der Waals surface area contributed by atoms with E-state index >= 15 is 0 Å². The first-order valence-corrected chi connectivity index (χ1v) is 7.71. The van der Waals surface area contributed by atoms with Crippen molar-refractivity contribution in [3.63, 3.8) is 0 Å². The molecular formula is C17H28N2O. The van der Waals surface area contributed by atoms with Gasteiger partial charge in [-0.2, -0.15) is 0 Å². The van der Waals surface area contributed by atoms with Gasteiger partial charge in [-0.05, 0) is 69.3 Å². The van der Waals surface area contributed by atoms with Crippen LogP contribution >= 0.6 is 0 Å². The van der Waals surface area contributed by atoms with Gasteiger partial charge in [0, 0.05) is 19.1 Å². The van der Waals surface area contributed by atoms with Crippen LogP contribution in [0.5, 0.6) is 5.75 Å². The summed E-state index contributed by atoms with van der Waals surface area (Å²) < 4.78 is 5.85. The normalized spacial score (nSPS) is 16.4. The molecule has 0 bridgehead atoms. The molecule has 1 atom stereocenters. The standard InChI is InChI=1S/C17H28N2O/c1-13-9-14(2)11-16(10-13)20-8-4-7-19(3)17(12-18)15-5-6-15/h9-11,15,17H,4-8,12,18H2,1-3H3. The molecule has 0 aliphatic heterocycles. The number of nitrogens with two attached hydrogens (primary N) is 1. The number of rotatable bonds is 8. The molecule has 1 saturated carbocycles. The van der Waals surface area contributed by atoms with Crippen LogP contribution in [0.4, 0.5) is 0 Å². The fourth-order valence-electron chi connectivity index (χ4n) is 2.90. The molecule has 3 heteroatoms. The summed E-state index contributed by atoms with van der Waals surface area (Å²) in [5.41, 5.74) is 8.39. The average Bonchev–Trinajstić information content (AvgIpc) is 3.19. The van der Waals surface area contributed by atoms with Crippen molar-refractivity contribution >= 4 is 0 Å². The van der Waals surface area contributed by atoms with Gasteiger partial charge in [-0.3, -0.25) is 0 Å². The predicted molar refractivity (Wildman–Crippen MR) is 84.2 cm³/mol. The first kappa shape index (κ1) is 15.3.